The molecule has 0 aromatic heterocycles. The zero-order valence-electron chi connectivity index (χ0n) is 19.9. The first-order valence-corrected chi connectivity index (χ1v) is 11.9. The van der Waals surface area contributed by atoms with Crippen molar-refractivity contribution in [1.29, 1.82) is 0 Å². The van der Waals surface area contributed by atoms with Crippen LogP contribution in [0.3, 0.4) is 0 Å². The van der Waals surface area contributed by atoms with Gasteiger partial charge in [-0.2, -0.15) is 0 Å². The number of guanidine groups is 1. The molecular formula is C24H38N6O2. The van der Waals surface area contributed by atoms with Gasteiger partial charge in [0.15, 0.2) is 5.96 Å². The van der Waals surface area contributed by atoms with Crippen LogP contribution in [0.2, 0.25) is 0 Å². The SMILES string of the molecule is CCNC(=NCCCN1C(=O)NC(C)(CC)C1=O)NC1CCCN(c2ccc(C)cc2)C1. The Hall–Kier alpha value is -2.77. The number of nitrogens with zero attached hydrogens (tertiary/aromatic N) is 3. The molecule has 0 radical (unpaired) electrons. The number of benzene rings is 1. The summed E-state index contributed by atoms with van der Waals surface area (Å²) in [6, 6.07) is 8.72. The monoisotopic (exact) mass is 442 g/mol. The van der Waals surface area contributed by atoms with Crippen molar-refractivity contribution in [2.45, 2.75) is 65.0 Å². The predicted molar refractivity (Wildman–Crippen MR) is 129 cm³/mol. The Morgan fingerprint density at radius 1 is 1.25 bits per heavy atom. The minimum absolute atomic E-state index is 0.141. The van der Waals surface area contributed by atoms with Crippen LogP contribution < -0.4 is 20.9 Å². The lowest BCUT2D eigenvalue weighted by atomic mass is 9.99. The van der Waals surface area contributed by atoms with Crippen LogP contribution in [0.25, 0.3) is 0 Å². The van der Waals surface area contributed by atoms with Crippen LogP contribution in [-0.2, 0) is 4.79 Å². The summed E-state index contributed by atoms with van der Waals surface area (Å²) in [5.74, 6) is 0.649. The Labute approximate surface area is 191 Å². The topological polar surface area (TPSA) is 89.1 Å². The molecule has 1 aromatic carbocycles. The van der Waals surface area contributed by atoms with Gasteiger partial charge >= 0.3 is 6.03 Å². The maximum Gasteiger partial charge on any atom is 0.325 e. The molecule has 2 aliphatic heterocycles. The van der Waals surface area contributed by atoms with Crippen molar-refractivity contribution in [2.75, 3.05) is 37.6 Å². The number of carbonyl (C=O) groups is 2. The average molecular weight is 443 g/mol. The van der Waals surface area contributed by atoms with Gasteiger partial charge in [-0.25, -0.2) is 4.79 Å². The van der Waals surface area contributed by atoms with Gasteiger partial charge in [-0.1, -0.05) is 24.6 Å². The Balaban J connectivity index is 1.52. The maximum atomic E-state index is 12.5. The van der Waals surface area contributed by atoms with E-state index in [0.717, 1.165) is 38.4 Å². The number of anilines is 1. The van der Waals surface area contributed by atoms with E-state index in [1.54, 1.807) is 6.92 Å². The molecule has 2 aliphatic rings. The van der Waals surface area contributed by atoms with Crippen molar-refractivity contribution < 1.29 is 9.59 Å². The molecule has 32 heavy (non-hydrogen) atoms. The Kier molecular flexibility index (Phi) is 7.99. The molecule has 2 saturated heterocycles. The maximum absolute atomic E-state index is 12.5. The van der Waals surface area contributed by atoms with Crippen molar-refractivity contribution in [3.63, 3.8) is 0 Å². The molecule has 8 heteroatoms. The van der Waals surface area contributed by atoms with Gasteiger partial charge < -0.3 is 20.9 Å². The Bertz CT molecular complexity index is 824. The fraction of sp³-hybridized carbons (Fsp3) is 0.625. The van der Waals surface area contributed by atoms with E-state index in [-0.39, 0.29) is 11.9 Å². The molecule has 0 spiro atoms. The first-order valence-electron chi connectivity index (χ1n) is 11.9. The van der Waals surface area contributed by atoms with Crippen molar-refractivity contribution in [2.24, 2.45) is 4.99 Å². The predicted octanol–water partition coefficient (Wildman–Crippen LogP) is 2.63. The number of amides is 3. The van der Waals surface area contributed by atoms with Gasteiger partial charge in [0.05, 0.1) is 0 Å². The van der Waals surface area contributed by atoms with E-state index >= 15 is 0 Å². The van der Waals surface area contributed by atoms with Crippen molar-refractivity contribution >= 4 is 23.6 Å². The zero-order valence-corrected chi connectivity index (χ0v) is 19.9. The summed E-state index contributed by atoms with van der Waals surface area (Å²) >= 11 is 0. The van der Waals surface area contributed by atoms with E-state index in [9.17, 15) is 9.59 Å². The highest BCUT2D eigenvalue weighted by Gasteiger charge is 2.45. The second-order valence-corrected chi connectivity index (χ2v) is 8.95. The summed E-state index contributed by atoms with van der Waals surface area (Å²) in [6.45, 7) is 11.6. The number of carbonyl (C=O) groups excluding carboxylic acids is 2. The average Bonchev–Trinajstić information content (AvgIpc) is 3.00. The zero-order chi connectivity index (χ0) is 23.1. The molecule has 1 aromatic rings. The third-order valence-corrected chi connectivity index (χ3v) is 6.37. The van der Waals surface area contributed by atoms with Crippen LogP contribution in [0.5, 0.6) is 0 Å². The van der Waals surface area contributed by atoms with E-state index in [1.165, 1.54) is 16.2 Å². The first kappa shape index (κ1) is 23.9. The number of hydrogen-bond acceptors (Lipinski definition) is 4. The quantitative estimate of drug-likeness (QED) is 0.249. The molecule has 176 valence electrons. The van der Waals surface area contributed by atoms with E-state index in [1.807, 2.05) is 6.92 Å². The third kappa shape index (κ3) is 5.72. The fourth-order valence-electron chi connectivity index (χ4n) is 4.21. The van der Waals surface area contributed by atoms with Crippen LogP contribution in [0, 0.1) is 6.92 Å². The van der Waals surface area contributed by atoms with Gasteiger partial charge in [0.25, 0.3) is 5.91 Å². The van der Waals surface area contributed by atoms with Crippen LogP contribution in [0.1, 0.15) is 52.0 Å². The van der Waals surface area contributed by atoms with Gasteiger partial charge in [-0.3, -0.25) is 14.7 Å². The summed E-state index contributed by atoms with van der Waals surface area (Å²) < 4.78 is 0. The lowest BCUT2D eigenvalue weighted by molar-refractivity contribution is -0.130. The smallest absolute Gasteiger partial charge is 0.325 e. The molecule has 8 nitrogen and oxygen atoms in total. The van der Waals surface area contributed by atoms with Crippen LogP contribution in [0.15, 0.2) is 29.3 Å². The normalized spacial score (nSPS) is 24.0. The summed E-state index contributed by atoms with van der Waals surface area (Å²) in [5, 5.41) is 9.69. The molecule has 2 heterocycles. The summed E-state index contributed by atoms with van der Waals surface area (Å²) in [6.07, 6.45) is 3.45. The number of imide groups is 1. The van der Waals surface area contributed by atoms with E-state index in [2.05, 4.69) is 59.0 Å². The lowest BCUT2D eigenvalue weighted by Gasteiger charge is -2.35. The molecule has 2 fully saturated rings. The first-order chi connectivity index (χ1) is 15.4. The molecular weight excluding hydrogens is 404 g/mol. The highest BCUT2D eigenvalue weighted by molar-refractivity contribution is 6.06. The van der Waals surface area contributed by atoms with Gasteiger partial charge in [-0.05, 0) is 58.6 Å². The molecule has 3 N–H and O–H groups in total. The highest BCUT2D eigenvalue weighted by atomic mass is 16.2. The Morgan fingerprint density at radius 3 is 2.66 bits per heavy atom. The largest absolute Gasteiger partial charge is 0.369 e. The lowest BCUT2D eigenvalue weighted by Crippen LogP contribution is -2.51. The van der Waals surface area contributed by atoms with Crippen molar-refractivity contribution in [1.82, 2.24) is 20.9 Å². The number of aryl methyl sites for hydroxylation is 1. The van der Waals surface area contributed by atoms with E-state index in [0.29, 0.717) is 32.0 Å². The molecule has 2 atom stereocenters. The number of hydrogen-bond donors (Lipinski definition) is 3. The second-order valence-electron chi connectivity index (χ2n) is 8.95. The number of aliphatic imine (C=N–C) groups is 1. The number of nitrogens with one attached hydrogen (secondary N) is 3. The molecule has 0 saturated carbocycles. The molecule has 0 bridgehead atoms. The number of rotatable bonds is 8. The molecule has 3 rings (SSSR count). The summed E-state index contributed by atoms with van der Waals surface area (Å²) in [7, 11) is 0. The highest BCUT2D eigenvalue weighted by Crippen LogP contribution is 2.21. The van der Waals surface area contributed by atoms with Gasteiger partial charge in [0.1, 0.15) is 5.54 Å². The minimum atomic E-state index is -0.777. The molecule has 0 aliphatic carbocycles. The standard InChI is InChI=1S/C24H38N6O2/c1-5-24(4)21(31)30(23(32)28-24)16-8-14-26-22(25-6-2)27-19-9-7-15-29(17-19)20-12-10-18(3)11-13-20/h10-13,19H,5-9,14-17H2,1-4H3,(H,28,32)(H2,25,26,27). The van der Waals surface area contributed by atoms with Crippen LogP contribution in [-0.4, -0.2) is 67.1 Å². The second kappa shape index (κ2) is 10.7. The van der Waals surface area contributed by atoms with Gasteiger partial charge in [0.2, 0.25) is 0 Å². The number of urea groups is 1. The summed E-state index contributed by atoms with van der Waals surface area (Å²) in [5.41, 5.74) is 1.76. The third-order valence-electron chi connectivity index (χ3n) is 6.37. The van der Waals surface area contributed by atoms with Gasteiger partial charge in [0, 0.05) is 44.5 Å². The molecule has 2 unspecified atom stereocenters. The van der Waals surface area contributed by atoms with Crippen LogP contribution >= 0.6 is 0 Å². The molecule has 3 amide bonds. The van der Waals surface area contributed by atoms with E-state index in [4.69, 9.17) is 4.99 Å². The van der Waals surface area contributed by atoms with Crippen molar-refractivity contribution in [3.05, 3.63) is 29.8 Å². The Morgan fingerprint density at radius 2 is 2.00 bits per heavy atom. The van der Waals surface area contributed by atoms with Crippen molar-refractivity contribution in [3.8, 4) is 0 Å². The summed E-state index contributed by atoms with van der Waals surface area (Å²) in [4.78, 5) is 33.1. The minimum Gasteiger partial charge on any atom is -0.369 e. The fourth-order valence-corrected chi connectivity index (χ4v) is 4.21. The van der Waals surface area contributed by atoms with Crippen LogP contribution in [0.4, 0.5) is 10.5 Å². The van der Waals surface area contributed by atoms with E-state index < -0.39 is 5.54 Å². The number of piperidine rings is 1. The van der Waals surface area contributed by atoms with Gasteiger partial charge in [-0.15, -0.1) is 0 Å².